The highest BCUT2D eigenvalue weighted by atomic mass is 35.5. The molecule has 1 aromatic rings. The van der Waals surface area contributed by atoms with Gasteiger partial charge in [0.25, 0.3) is 0 Å². The molecule has 0 aliphatic carbocycles. The minimum Gasteiger partial charge on any atom is -0.495 e. The van der Waals surface area contributed by atoms with Crippen LogP contribution < -0.4 is 15.8 Å². The molecule has 5 heteroatoms. The summed E-state index contributed by atoms with van der Waals surface area (Å²) in [5, 5.41) is 4.26. The lowest BCUT2D eigenvalue weighted by atomic mass is 10.1. The fraction of sp³-hybridized carbons (Fsp3) is 0.455. The maximum absolute atomic E-state index is 6.11. The molecule has 3 N–H and O–H groups in total. The van der Waals surface area contributed by atoms with Crippen molar-refractivity contribution in [2.24, 2.45) is 5.73 Å². The lowest BCUT2D eigenvalue weighted by Crippen LogP contribution is -2.26. The minimum absolute atomic E-state index is 0.171. The molecule has 0 amide bonds. The van der Waals surface area contributed by atoms with Crippen LogP contribution in [0.25, 0.3) is 0 Å². The topological polar surface area (TPSA) is 47.3 Å². The maximum Gasteiger partial charge on any atom is 0.138 e. The van der Waals surface area contributed by atoms with Gasteiger partial charge in [-0.2, -0.15) is 0 Å². The third-order valence-corrected chi connectivity index (χ3v) is 2.91. The zero-order valence-electron chi connectivity index (χ0n) is 9.39. The molecule has 3 nitrogen and oxygen atoms in total. The molecule has 1 unspecified atom stereocenters. The first-order valence-corrected chi connectivity index (χ1v) is 5.85. The van der Waals surface area contributed by atoms with E-state index in [9.17, 15) is 0 Å². The predicted octanol–water partition coefficient (Wildman–Crippen LogP) is 2.61. The molecule has 0 heterocycles. The largest absolute Gasteiger partial charge is 0.495 e. The molecule has 90 valence electrons. The quantitative estimate of drug-likeness (QED) is 0.858. The van der Waals surface area contributed by atoms with E-state index in [1.165, 1.54) is 0 Å². The molecule has 0 aliphatic rings. The Bertz CT molecular complexity index is 358. The van der Waals surface area contributed by atoms with Gasteiger partial charge in [0.05, 0.1) is 12.1 Å². The van der Waals surface area contributed by atoms with Crippen LogP contribution in [0.3, 0.4) is 0 Å². The monoisotopic (exact) mass is 262 g/mol. The van der Waals surface area contributed by atoms with Crippen LogP contribution >= 0.6 is 23.2 Å². The van der Waals surface area contributed by atoms with Gasteiger partial charge in [0.2, 0.25) is 0 Å². The number of likely N-dealkylation sites (N-methyl/N-ethyl adjacent to an activating group) is 1. The summed E-state index contributed by atoms with van der Waals surface area (Å²) in [6.07, 6.45) is 0. The lowest BCUT2D eigenvalue weighted by Gasteiger charge is -2.15. The van der Waals surface area contributed by atoms with Crippen LogP contribution in [0.4, 0.5) is 0 Å². The third kappa shape index (κ3) is 3.25. The van der Waals surface area contributed by atoms with Gasteiger partial charge in [-0.25, -0.2) is 0 Å². The molecule has 1 aromatic carbocycles. The zero-order chi connectivity index (χ0) is 12.1. The van der Waals surface area contributed by atoms with Gasteiger partial charge in [-0.3, -0.25) is 0 Å². The van der Waals surface area contributed by atoms with Crippen molar-refractivity contribution in [3.63, 3.8) is 0 Å². The smallest absolute Gasteiger partial charge is 0.138 e. The van der Waals surface area contributed by atoms with Crippen LogP contribution in [0.1, 0.15) is 18.5 Å². The second-order valence-corrected chi connectivity index (χ2v) is 4.24. The molecule has 1 rings (SSSR count). The number of hydrogen-bond acceptors (Lipinski definition) is 3. The van der Waals surface area contributed by atoms with Crippen molar-refractivity contribution in [3.8, 4) is 5.75 Å². The fourth-order valence-electron chi connectivity index (χ4n) is 1.39. The highest BCUT2D eigenvalue weighted by Gasteiger charge is 2.13. The van der Waals surface area contributed by atoms with Gasteiger partial charge < -0.3 is 15.8 Å². The molecule has 1 atom stereocenters. The normalized spacial score (nSPS) is 12.6. The summed E-state index contributed by atoms with van der Waals surface area (Å²) in [5.41, 5.74) is 6.82. The number of ether oxygens (including phenoxy) is 1. The SMILES string of the molecule is CCNCC(N)c1cc(Cl)c(OC)cc1Cl. The molecule has 0 radical (unpaired) electrons. The van der Waals surface area contributed by atoms with Gasteiger partial charge in [0.15, 0.2) is 0 Å². The molecule has 0 saturated carbocycles. The summed E-state index contributed by atoms with van der Waals surface area (Å²) in [5.74, 6) is 0.561. The second kappa shape index (κ2) is 6.30. The zero-order valence-corrected chi connectivity index (χ0v) is 10.9. The minimum atomic E-state index is -0.171. The van der Waals surface area contributed by atoms with Crippen molar-refractivity contribution < 1.29 is 4.74 Å². The number of rotatable bonds is 5. The highest BCUT2D eigenvalue weighted by molar-refractivity contribution is 6.34. The Morgan fingerprint density at radius 3 is 2.62 bits per heavy atom. The van der Waals surface area contributed by atoms with Crippen LogP contribution in [-0.4, -0.2) is 20.2 Å². The Hall–Kier alpha value is -0.480. The van der Waals surface area contributed by atoms with Crippen LogP contribution in [0.15, 0.2) is 12.1 Å². The molecule has 0 aromatic heterocycles. The summed E-state index contributed by atoms with van der Waals surface area (Å²) in [6.45, 7) is 3.56. The van der Waals surface area contributed by atoms with Crippen molar-refractivity contribution in [1.82, 2.24) is 5.32 Å². The number of nitrogens with two attached hydrogens (primary N) is 1. The van der Waals surface area contributed by atoms with Crippen LogP contribution in [0.2, 0.25) is 10.0 Å². The lowest BCUT2D eigenvalue weighted by molar-refractivity contribution is 0.414. The number of benzene rings is 1. The summed E-state index contributed by atoms with van der Waals surface area (Å²) in [4.78, 5) is 0. The van der Waals surface area contributed by atoms with E-state index in [2.05, 4.69) is 5.32 Å². The van der Waals surface area contributed by atoms with Gasteiger partial charge in [-0.1, -0.05) is 30.1 Å². The Labute approximate surface area is 106 Å². The molecule has 0 fully saturated rings. The van der Waals surface area contributed by atoms with E-state index in [0.29, 0.717) is 22.3 Å². The van der Waals surface area contributed by atoms with Gasteiger partial charge >= 0.3 is 0 Å². The van der Waals surface area contributed by atoms with Crippen molar-refractivity contribution in [2.75, 3.05) is 20.2 Å². The maximum atomic E-state index is 6.11. The van der Waals surface area contributed by atoms with Gasteiger partial charge in [-0.05, 0) is 18.2 Å². The van der Waals surface area contributed by atoms with Crippen molar-refractivity contribution in [3.05, 3.63) is 27.7 Å². The summed E-state index contributed by atoms with van der Waals surface area (Å²) in [6, 6.07) is 3.27. The fourth-order valence-corrected chi connectivity index (χ4v) is 1.94. The van der Waals surface area contributed by atoms with Gasteiger partial charge in [0, 0.05) is 23.7 Å². The molecular weight excluding hydrogens is 247 g/mol. The number of nitrogens with one attached hydrogen (secondary N) is 1. The van der Waals surface area contributed by atoms with E-state index in [0.717, 1.165) is 12.1 Å². The number of hydrogen-bond donors (Lipinski definition) is 2. The Morgan fingerprint density at radius 2 is 2.06 bits per heavy atom. The predicted molar refractivity (Wildman–Crippen MR) is 68.5 cm³/mol. The number of halogens is 2. The Kier molecular flexibility index (Phi) is 5.35. The van der Waals surface area contributed by atoms with E-state index in [-0.39, 0.29) is 6.04 Å². The van der Waals surface area contributed by atoms with Gasteiger partial charge in [-0.15, -0.1) is 0 Å². The highest BCUT2D eigenvalue weighted by Crippen LogP contribution is 2.33. The molecule has 0 bridgehead atoms. The Morgan fingerprint density at radius 1 is 1.38 bits per heavy atom. The summed E-state index contributed by atoms with van der Waals surface area (Å²) in [7, 11) is 1.55. The molecular formula is C11H16Cl2N2O. The number of methoxy groups -OCH3 is 1. The van der Waals surface area contributed by atoms with E-state index in [1.807, 2.05) is 6.92 Å². The van der Waals surface area contributed by atoms with Crippen molar-refractivity contribution in [1.29, 1.82) is 0 Å². The van der Waals surface area contributed by atoms with E-state index < -0.39 is 0 Å². The molecule has 0 spiro atoms. The van der Waals surface area contributed by atoms with E-state index in [1.54, 1.807) is 19.2 Å². The van der Waals surface area contributed by atoms with Crippen molar-refractivity contribution in [2.45, 2.75) is 13.0 Å². The van der Waals surface area contributed by atoms with E-state index >= 15 is 0 Å². The summed E-state index contributed by atoms with van der Waals surface area (Å²) >= 11 is 12.1. The van der Waals surface area contributed by atoms with Crippen molar-refractivity contribution >= 4 is 23.2 Å². The van der Waals surface area contributed by atoms with Crippen LogP contribution in [0.5, 0.6) is 5.75 Å². The standard InChI is InChI=1S/C11H16Cl2N2O/c1-3-15-6-10(14)7-4-9(13)11(16-2)5-8(7)12/h4-5,10,15H,3,6,14H2,1-2H3. The first-order valence-electron chi connectivity index (χ1n) is 5.09. The molecule has 0 saturated heterocycles. The average Bonchev–Trinajstić information content (AvgIpc) is 2.28. The van der Waals surface area contributed by atoms with Crippen LogP contribution in [-0.2, 0) is 0 Å². The third-order valence-electron chi connectivity index (χ3n) is 2.28. The molecule has 16 heavy (non-hydrogen) atoms. The molecule has 0 aliphatic heterocycles. The van der Waals surface area contributed by atoms with Gasteiger partial charge in [0.1, 0.15) is 5.75 Å². The first-order chi connectivity index (χ1) is 7.60. The average molecular weight is 263 g/mol. The second-order valence-electron chi connectivity index (χ2n) is 3.42. The van der Waals surface area contributed by atoms with Crippen LogP contribution in [0, 0.1) is 0 Å². The summed E-state index contributed by atoms with van der Waals surface area (Å²) < 4.78 is 5.07. The van der Waals surface area contributed by atoms with E-state index in [4.69, 9.17) is 33.7 Å². The Balaban J connectivity index is 2.92. The first kappa shape index (κ1) is 13.6.